The molecule has 1 heterocycles. The van der Waals surface area contributed by atoms with E-state index in [0.717, 1.165) is 13.1 Å². The molecule has 7 heteroatoms. The van der Waals surface area contributed by atoms with E-state index in [1.807, 2.05) is 20.8 Å². The summed E-state index contributed by atoms with van der Waals surface area (Å²) >= 11 is 0. The van der Waals surface area contributed by atoms with Gasteiger partial charge in [-0.2, -0.15) is 0 Å². The zero-order valence-corrected chi connectivity index (χ0v) is 16.9. The maximum Gasteiger partial charge on any atom is 0.239 e. The second-order valence-corrected chi connectivity index (χ2v) is 6.88. The number of piperidine rings is 1. The number of rotatable bonds is 4. The molecular weight excluding hydrogens is 393 g/mol. The topological polar surface area (TPSA) is 68.8 Å². The number of nitrogens with zero attached hydrogens (tertiary/aromatic N) is 2. The van der Waals surface area contributed by atoms with Crippen LogP contribution in [-0.4, -0.2) is 62.6 Å². The van der Waals surface area contributed by atoms with Crippen molar-refractivity contribution in [2.24, 2.45) is 10.9 Å². The average Bonchev–Trinajstić information content (AvgIpc) is 2.37. The Morgan fingerprint density at radius 1 is 1.32 bits per heavy atom. The summed E-state index contributed by atoms with van der Waals surface area (Å²) in [5.41, 5.74) is -0.206. The van der Waals surface area contributed by atoms with Crippen molar-refractivity contribution >= 4 is 35.8 Å². The molecule has 1 amide bonds. The molecule has 0 spiro atoms. The van der Waals surface area contributed by atoms with Crippen molar-refractivity contribution in [2.75, 3.05) is 40.3 Å². The van der Waals surface area contributed by atoms with Crippen LogP contribution in [0.2, 0.25) is 0 Å². The first kappa shape index (κ1) is 21.4. The van der Waals surface area contributed by atoms with Crippen molar-refractivity contribution in [3.8, 4) is 0 Å². The Morgan fingerprint density at radius 2 is 2.00 bits per heavy atom. The molecule has 1 atom stereocenters. The summed E-state index contributed by atoms with van der Waals surface area (Å²) in [7, 11) is 3.89. The van der Waals surface area contributed by atoms with Crippen LogP contribution in [0.5, 0.6) is 0 Å². The maximum atomic E-state index is 11.8. The summed E-state index contributed by atoms with van der Waals surface area (Å²) < 4.78 is 0. The third-order valence-corrected chi connectivity index (χ3v) is 3.43. The van der Waals surface area contributed by atoms with Crippen LogP contribution < -0.4 is 16.0 Å². The quantitative estimate of drug-likeness (QED) is 0.358. The second kappa shape index (κ2) is 10.3. The zero-order valence-electron chi connectivity index (χ0n) is 14.5. The van der Waals surface area contributed by atoms with Crippen molar-refractivity contribution in [1.29, 1.82) is 0 Å². The largest absolute Gasteiger partial charge is 0.356 e. The molecule has 1 rings (SSSR count). The molecule has 1 aliphatic heterocycles. The van der Waals surface area contributed by atoms with Gasteiger partial charge in [-0.3, -0.25) is 9.79 Å². The molecule has 0 saturated carbocycles. The van der Waals surface area contributed by atoms with Gasteiger partial charge in [0.1, 0.15) is 0 Å². The van der Waals surface area contributed by atoms with Crippen LogP contribution in [0.25, 0.3) is 0 Å². The Kier molecular flexibility index (Phi) is 9.99. The molecule has 6 nitrogen and oxygen atoms in total. The Hall–Kier alpha value is -0.570. The first-order valence-corrected chi connectivity index (χ1v) is 7.74. The Bertz CT molecular complexity index is 367. The van der Waals surface area contributed by atoms with Crippen LogP contribution in [0.1, 0.15) is 33.6 Å². The predicted octanol–water partition coefficient (Wildman–Crippen LogP) is 1.03. The van der Waals surface area contributed by atoms with Crippen molar-refractivity contribution in [2.45, 2.75) is 39.2 Å². The van der Waals surface area contributed by atoms with E-state index in [2.05, 4.69) is 32.9 Å². The first-order valence-electron chi connectivity index (χ1n) is 7.74. The fourth-order valence-electron chi connectivity index (χ4n) is 2.53. The van der Waals surface area contributed by atoms with Gasteiger partial charge < -0.3 is 20.9 Å². The average molecular weight is 425 g/mol. The van der Waals surface area contributed by atoms with Crippen LogP contribution in [0.4, 0.5) is 0 Å². The molecule has 0 aromatic rings. The van der Waals surface area contributed by atoms with E-state index in [-0.39, 0.29) is 42.0 Å². The summed E-state index contributed by atoms with van der Waals surface area (Å²) in [5, 5.41) is 9.28. The fraction of sp³-hybridized carbons (Fsp3) is 0.867. The van der Waals surface area contributed by atoms with E-state index < -0.39 is 0 Å². The fourth-order valence-corrected chi connectivity index (χ4v) is 2.53. The highest BCUT2D eigenvalue weighted by atomic mass is 127. The molecule has 0 aliphatic carbocycles. The molecule has 3 N–H and O–H groups in total. The second-order valence-electron chi connectivity index (χ2n) is 6.88. The van der Waals surface area contributed by atoms with Crippen molar-refractivity contribution < 1.29 is 4.79 Å². The normalized spacial score (nSPS) is 20.0. The van der Waals surface area contributed by atoms with Gasteiger partial charge in [-0.1, -0.05) is 0 Å². The number of guanidine groups is 1. The minimum atomic E-state index is -0.206. The van der Waals surface area contributed by atoms with E-state index in [1.165, 1.54) is 19.4 Å². The zero-order chi connectivity index (χ0) is 15.9. The molecule has 0 aromatic heterocycles. The molecule has 130 valence electrons. The first-order chi connectivity index (χ1) is 9.80. The molecule has 0 bridgehead atoms. The summed E-state index contributed by atoms with van der Waals surface area (Å²) in [6.45, 7) is 9.35. The number of nitrogens with one attached hydrogen (secondary N) is 3. The lowest BCUT2D eigenvalue weighted by atomic mass is 9.99. The van der Waals surface area contributed by atoms with Crippen LogP contribution in [0.3, 0.4) is 0 Å². The predicted molar refractivity (Wildman–Crippen MR) is 103 cm³/mol. The summed E-state index contributed by atoms with van der Waals surface area (Å²) in [6.07, 6.45) is 2.50. The number of carbonyl (C=O) groups is 1. The lowest BCUT2D eigenvalue weighted by Gasteiger charge is -2.30. The highest BCUT2D eigenvalue weighted by Crippen LogP contribution is 2.13. The summed E-state index contributed by atoms with van der Waals surface area (Å²) in [4.78, 5) is 18.3. The summed E-state index contributed by atoms with van der Waals surface area (Å²) in [5.74, 6) is 1.31. The van der Waals surface area contributed by atoms with Crippen molar-refractivity contribution in [3.05, 3.63) is 0 Å². The maximum absolute atomic E-state index is 11.8. The SMILES string of the molecule is CN=C(NCC(=O)NC(C)(C)C)NCC1CCCN(C)C1.I. The van der Waals surface area contributed by atoms with Gasteiger partial charge >= 0.3 is 0 Å². The van der Waals surface area contributed by atoms with E-state index in [1.54, 1.807) is 7.05 Å². The van der Waals surface area contributed by atoms with Gasteiger partial charge in [-0.15, -0.1) is 24.0 Å². The third kappa shape index (κ3) is 9.45. The van der Waals surface area contributed by atoms with Gasteiger partial charge in [0.05, 0.1) is 6.54 Å². The van der Waals surface area contributed by atoms with Gasteiger partial charge in [0.25, 0.3) is 0 Å². The van der Waals surface area contributed by atoms with E-state index in [0.29, 0.717) is 11.9 Å². The van der Waals surface area contributed by atoms with Crippen molar-refractivity contribution in [3.63, 3.8) is 0 Å². The number of likely N-dealkylation sites (tertiary alicyclic amines) is 1. The number of carbonyl (C=O) groups excluding carboxylic acids is 1. The van der Waals surface area contributed by atoms with Gasteiger partial charge in [-0.25, -0.2) is 0 Å². The van der Waals surface area contributed by atoms with Gasteiger partial charge in [0.15, 0.2) is 5.96 Å². The molecule has 0 aromatic carbocycles. The van der Waals surface area contributed by atoms with Crippen LogP contribution in [-0.2, 0) is 4.79 Å². The van der Waals surface area contributed by atoms with Crippen LogP contribution in [0, 0.1) is 5.92 Å². The molecule has 1 aliphatic rings. The van der Waals surface area contributed by atoms with Crippen LogP contribution in [0.15, 0.2) is 4.99 Å². The molecule has 0 radical (unpaired) electrons. The van der Waals surface area contributed by atoms with E-state index in [9.17, 15) is 4.79 Å². The van der Waals surface area contributed by atoms with E-state index >= 15 is 0 Å². The standard InChI is InChI=1S/C15H31N5O.HI/c1-15(2,3)19-13(21)10-18-14(16-4)17-9-12-7-6-8-20(5)11-12;/h12H,6-11H2,1-5H3,(H,19,21)(H2,16,17,18);1H. The lowest BCUT2D eigenvalue weighted by molar-refractivity contribution is -0.121. The van der Waals surface area contributed by atoms with Gasteiger partial charge in [-0.05, 0) is 53.1 Å². The highest BCUT2D eigenvalue weighted by molar-refractivity contribution is 14.0. The minimum absolute atomic E-state index is 0. The molecule has 1 saturated heterocycles. The number of hydrogen-bond acceptors (Lipinski definition) is 3. The Labute approximate surface area is 151 Å². The Morgan fingerprint density at radius 3 is 2.55 bits per heavy atom. The number of amides is 1. The number of aliphatic imine (C=N–C) groups is 1. The highest BCUT2D eigenvalue weighted by Gasteiger charge is 2.17. The molecule has 1 unspecified atom stereocenters. The van der Waals surface area contributed by atoms with Gasteiger partial charge in [0.2, 0.25) is 5.91 Å². The minimum Gasteiger partial charge on any atom is -0.356 e. The Balaban J connectivity index is 0.00000441. The van der Waals surface area contributed by atoms with Crippen LogP contribution >= 0.6 is 24.0 Å². The van der Waals surface area contributed by atoms with Crippen molar-refractivity contribution in [1.82, 2.24) is 20.9 Å². The van der Waals surface area contributed by atoms with Gasteiger partial charge in [0, 0.05) is 25.7 Å². The molecule has 1 fully saturated rings. The molecule has 22 heavy (non-hydrogen) atoms. The summed E-state index contributed by atoms with van der Waals surface area (Å²) in [6, 6.07) is 0. The lowest BCUT2D eigenvalue weighted by Crippen LogP contribution is -2.49. The number of hydrogen-bond donors (Lipinski definition) is 3. The third-order valence-electron chi connectivity index (χ3n) is 3.43. The smallest absolute Gasteiger partial charge is 0.239 e. The number of halogens is 1. The van der Waals surface area contributed by atoms with E-state index in [4.69, 9.17) is 0 Å². The molecular formula is C15H32IN5O. The monoisotopic (exact) mass is 425 g/mol.